The maximum absolute atomic E-state index is 11.7. The Morgan fingerprint density at radius 2 is 1.62 bits per heavy atom. The molecule has 3 rings (SSSR count). The van der Waals surface area contributed by atoms with Crippen molar-refractivity contribution in [2.75, 3.05) is 52.9 Å². The van der Waals surface area contributed by atoms with Gasteiger partial charge in [0.25, 0.3) is 0 Å². The zero-order valence-electron chi connectivity index (χ0n) is 13.4. The molecule has 3 aliphatic rings. The molecule has 3 saturated heterocycles. The summed E-state index contributed by atoms with van der Waals surface area (Å²) in [6.45, 7) is 8.21. The number of hydrogen-bond acceptors (Lipinski definition) is 3. The van der Waals surface area contributed by atoms with Crippen molar-refractivity contribution in [3.05, 3.63) is 0 Å². The molecule has 0 aromatic heterocycles. The molecule has 3 heterocycles. The molecule has 21 heavy (non-hydrogen) atoms. The van der Waals surface area contributed by atoms with Gasteiger partial charge in [-0.15, -0.1) is 0 Å². The second-order valence-corrected chi connectivity index (χ2v) is 7.04. The average Bonchev–Trinajstić information content (AvgIpc) is 2.79. The molecular weight excluding hydrogens is 264 g/mol. The van der Waals surface area contributed by atoms with Crippen LogP contribution in [0.1, 0.15) is 38.5 Å². The topological polar surface area (TPSA) is 38.8 Å². The number of likely N-dealkylation sites (tertiary alicyclic amines) is 2. The van der Waals surface area contributed by atoms with E-state index in [1.807, 2.05) is 11.9 Å². The molecule has 3 aliphatic heterocycles. The summed E-state index contributed by atoms with van der Waals surface area (Å²) < 4.78 is 0. The van der Waals surface area contributed by atoms with Crippen LogP contribution >= 0.6 is 0 Å². The van der Waals surface area contributed by atoms with Crippen LogP contribution in [0, 0.1) is 0 Å². The summed E-state index contributed by atoms with van der Waals surface area (Å²) in [5.74, 6) is 0. The van der Waals surface area contributed by atoms with E-state index in [1.165, 1.54) is 51.9 Å². The molecule has 0 aromatic carbocycles. The third-order valence-corrected chi connectivity index (χ3v) is 5.77. The van der Waals surface area contributed by atoms with Crippen molar-refractivity contribution in [1.29, 1.82) is 0 Å². The van der Waals surface area contributed by atoms with Crippen molar-refractivity contribution in [3.63, 3.8) is 0 Å². The van der Waals surface area contributed by atoms with Crippen LogP contribution in [0.25, 0.3) is 0 Å². The van der Waals surface area contributed by atoms with Crippen LogP contribution in [-0.2, 0) is 0 Å². The molecule has 0 saturated carbocycles. The number of nitrogens with zero attached hydrogens (tertiary/aromatic N) is 3. The van der Waals surface area contributed by atoms with Gasteiger partial charge in [-0.2, -0.15) is 0 Å². The molecule has 5 heteroatoms. The molecule has 0 unspecified atom stereocenters. The van der Waals surface area contributed by atoms with Crippen molar-refractivity contribution in [3.8, 4) is 0 Å². The monoisotopic (exact) mass is 294 g/mol. The van der Waals surface area contributed by atoms with Gasteiger partial charge in [-0.1, -0.05) is 6.42 Å². The van der Waals surface area contributed by atoms with Gasteiger partial charge in [-0.25, -0.2) is 4.79 Å². The van der Waals surface area contributed by atoms with Crippen LogP contribution in [0.3, 0.4) is 0 Å². The minimum Gasteiger partial charge on any atom is -0.336 e. The summed E-state index contributed by atoms with van der Waals surface area (Å²) in [4.78, 5) is 18.8. The molecule has 120 valence electrons. The number of nitrogens with one attached hydrogen (secondary N) is 1. The lowest BCUT2D eigenvalue weighted by molar-refractivity contribution is 0.0874. The van der Waals surface area contributed by atoms with Crippen molar-refractivity contribution in [2.24, 2.45) is 0 Å². The number of amides is 2. The largest absolute Gasteiger partial charge is 0.336 e. The first-order valence-electron chi connectivity index (χ1n) is 8.66. The van der Waals surface area contributed by atoms with Crippen LogP contribution < -0.4 is 5.32 Å². The summed E-state index contributed by atoms with van der Waals surface area (Å²) in [5, 5.41) is 2.99. The predicted molar refractivity (Wildman–Crippen MR) is 84.5 cm³/mol. The van der Waals surface area contributed by atoms with Gasteiger partial charge in [0.1, 0.15) is 0 Å². The maximum Gasteiger partial charge on any atom is 0.317 e. The van der Waals surface area contributed by atoms with Crippen LogP contribution in [0.5, 0.6) is 0 Å². The van der Waals surface area contributed by atoms with Gasteiger partial charge in [-0.3, -0.25) is 0 Å². The van der Waals surface area contributed by atoms with E-state index in [9.17, 15) is 4.79 Å². The number of rotatable bonds is 4. The Morgan fingerprint density at radius 1 is 1.00 bits per heavy atom. The first-order valence-corrected chi connectivity index (χ1v) is 8.66. The van der Waals surface area contributed by atoms with Gasteiger partial charge >= 0.3 is 6.03 Å². The fourth-order valence-electron chi connectivity index (χ4n) is 4.10. The number of hydrogen-bond donors (Lipinski definition) is 1. The summed E-state index contributed by atoms with van der Waals surface area (Å²) in [6.07, 6.45) is 7.72. The zero-order valence-corrected chi connectivity index (χ0v) is 13.4. The third kappa shape index (κ3) is 3.34. The Balaban J connectivity index is 1.37. The molecule has 1 N–H and O–H groups in total. The zero-order chi connectivity index (χ0) is 14.7. The van der Waals surface area contributed by atoms with Gasteiger partial charge in [0, 0.05) is 26.7 Å². The van der Waals surface area contributed by atoms with Crippen LogP contribution in [0.15, 0.2) is 0 Å². The lowest BCUT2D eigenvalue weighted by Gasteiger charge is -2.42. The fourth-order valence-corrected chi connectivity index (χ4v) is 4.10. The van der Waals surface area contributed by atoms with E-state index in [1.54, 1.807) is 0 Å². The molecule has 3 fully saturated rings. The predicted octanol–water partition coefficient (Wildman–Crippen LogP) is 1.35. The number of carbonyl (C=O) groups excluding carboxylic acids is 1. The molecule has 0 radical (unpaired) electrons. The minimum absolute atomic E-state index is 0.0977. The summed E-state index contributed by atoms with van der Waals surface area (Å²) in [5.41, 5.74) is 0.0977. The molecule has 2 amide bonds. The highest BCUT2D eigenvalue weighted by molar-refractivity contribution is 5.77. The first kappa shape index (κ1) is 15.1. The summed E-state index contributed by atoms with van der Waals surface area (Å²) >= 11 is 0. The Hall–Kier alpha value is -0.810. The SMILES string of the molecule is CN1C(=O)NCC12CCN(CCCN1CCCCC1)CC2. The Bertz CT molecular complexity index is 359. The second-order valence-electron chi connectivity index (χ2n) is 7.04. The summed E-state index contributed by atoms with van der Waals surface area (Å²) in [7, 11) is 1.95. The normalized spacial score (nSPS) is 27.3. The van der Waals surface area contributed by atoms with Crippen molar-refractivity contribution < 1.29 is 4.79 Å². The molecule has 0 aliphatic carbocycles. The van der Waals surface area contributed by atoms with E-state index in [-0.39, 0.29) is 11.6 Å². The average molecular weight is 294 g/mol. The molecule has 0 aromatic rings. The van der Waals surface area contributed by atoms with Gasteiger partial charge in [0.2, 0.25) is 0 Å². The van der Waals surface area contributed by atoms with E-state index < -0.39 is 0 Å². The molecule has 0 atom stereocenters. The number of urea groups is 1. The summed E-state index contributed by atoms with van der Waals surface area (Å²) in [6, 6.07) is 0.105. The van der Waals surface area contributed by atoms with Crippen LogP contribution in [0.4, 0.5) is 4.79 Å². The third-order valence-electron chi connectivity index (χ3n) is 5.77. The van der Waals surface area contributed by atoms with Crippen LogP contribution in [-0.4, -0.2) is 79.1 Å². The van der Waals surface area contributed by atoms with Crippen molar-refractivity contribution >= 4 is 6.03 Å². The molecule has 5 nitrogen and oxygen atoms in total. The van der Waals surface area contributed by atoms with Crippen molar-refractivity contribution in [1.82, 2.24) is 20.0 Å². The lowest BCUT2D eigenvalue weighted by atomic mass is 9.87. The van der Waals surface area contributed by atoms with Gasteiger partial charge in [-0.05, 0) is 58.3 Å². The Morgan fingerprint density at radius 3 is 2.19 bits per heavy atom. The van der Waals surface area contributed by atoms with E-state index in [2.05, 4.69) is 15.1 Å². The number of piperidine rings is 2. The Kier molecular flexibility index (Phi) is 4.69. The fraction of sp³-hybridized carbons (Fsp3) is 0.938. The highest BCUT2D eigenvalue weighted by Crippen LogP contribution is 2.30. The quantitative estimate of drug-likeness (QED) is 0.851. The first-order chi connectivity index (χ1) is 10.2. The second kappa shape index (κ2) is 6.53. The van der Waals surface area contributed by atoms with Crippen molar-refractivity contribution in [2.45, 2.75) is 44.1 Å². The molecule has 0 bridgehead atoms. The Labute approximate surface area is 128 Å². The maximum atomic E-state index is 11.7. The smallest absolute Gasteiger partial charge is 0.317 e. The number of carbonyl (C=O) groups is 1. The lowest BCUT2D eigenvalue weighted by Crippen LogP contribution is -2.53. The van der Waals surface area contributed by atoms with Crippen LogP contribution in [0.2, 0.25) is 0 Å². The van der Waals surface area contributed by atoms with Gasteiger partial charge in [0.05, 0.1) is 5.54 Å². The minimum atomic E-state index is 0.0977. The van der Waals surface area contributed by atoms with E-state index in [0.717, 1.165) is 32.5 Å². The number of likely N-dealkylation sites (N-methyl/N-ethyl adjacent to an activating group) is 1. The van der Waals surface area contributed by atoms with Gasteiger partial charge in [0.15, 0.2) is 0 Å². The molecule has 1 spiro atoms. The van der Waals surface area contributed by atoms with E-state index in [4.69, 9.17) is 0 Å². The highest BCUT2D eigenvalue weighted by Gasteiger charge is 2.44. The van der Waals surface area contributed by atoms with Gasteiger partial charge < -0.3 is 20.0 Å². The van der Waals surface area contributed by atoms with E-state index >= 15 is 0 Å². The molecular formula is C16H30N4O. The van der Waals surface area contributed by atoms with E-state index in [0.29, 0.717) is 0 Å². The highest BCUT2D eigenvalue weighted by atomic mass is 16.2. The standard InChI is InChI=1S/C16H30N4O/c1-18-15(21)17-14-16(18)6-12-20(13-7-16)11-5-10-19-8-3-2-4-9-19/h2-14H2,1H3,(H,17,21).